The van der Waals surface area contributed by atoms with E-state index in [1.54, 1.807) is 0 Å². The molecule has 2 N–H and O–H groups in total. The summed E-state index contributed by atoms with van der Waals surface area (Å²) in [6.07, 6.45) is -43.8. The third-order valence-corrected chi connectivity index (χ3v) is 8.27. The van der Waals surface area contributed by atoms with Gasteiger partial charge in [-0.2, -0.15) is 96.6 Å². The summed E-state index contributed by atoms with van der Waals surface area (Å²) < 4.78 is 295. The average molecular weight is 872 g/mol. The van der Waals surface area contributed by atoms with Gasteiger partial charge >= 0.3 is 60.5 Å². The summed E-state index contributed by atoms with van der Waals surface area (Å²) in [6.45, 7) is 0. The van der Waals surface area contributed by atoms with Gasteiger partial charge in [-0.1, -0.05) is 45.9 Å². The van der Waals surface area contributed by atoms with Gasteiger partial charge in [-0.3, -0.25) is 19.1 Å². The predicted molar refractivity (Wildman–Crippen MR) is 136 cm³/mol. The Morgan fingerprint density at radius 2 is 0.685 bits per heavy atom. The average Bonchev–Trinajstić information content (AvgIpc) is 2.98. The van der Waals surface area contributed by atoms with Gasteiger partial charge in [-0.25, -0.2) is 0 Å². The molecule has 2 rings (SSSR count). The number of para-hydroxylation sites is 2. The van der Waals surface area contributed by atoms with E-state index in [1.165, 1.54) is 0 Å². The predicted octanol–water partition coefficient (Wildman–Crippen LogP) is 10.4. The second kappa shape index (κ2) is 14.8. The van der Waals surface area contributed by atoms with Gasteiger partial charge in [0.2, 0.25) is 0 Å². The maximum atomic E-state index is 14.7. The molecule has 2 atom stereocenters. The molecule has 0 saturated heterocycles. The second-order valence-electron chi connectivity index (χ2n) is 9.64. The van der Waals surface area contributed by atoms with E-state index in [2.05, 4.69) is 9.47 Å². The Morgan fingerprint density at radius 1 is 0.426 bits per heavy atom. The quantitative estimate of drug-likeness (QED) is 0.154. The number of rotatable bonds is 13. The summed E-state index contributed by atoms with van der Waals surface area (Å²) in [5.74, 6) is -35.4. The minimum absolute atomic E-state index is 0.0493. The van der Waals surface area contributed by atoms with Crippen LogP contribution in [0.15, 0.2) is 58.3 Å². The molecule has 2 amide bonds. The van der Waals surface area contributed by atoms with E-state index in [0.29, 0.717) is 12.1 Å². The first-order valence-electron chi connectivity index (χ1n) is 12.6. The molecular weight excluding hydrogens is 862 g/mol. The molecule has 30 heteroatoms. The van der Waals surface area contributed by atoms with E-state index < -0.39 is 93.5 Å². The van der Waals surface area contributed by atoms with Crippen molar-refractivity contribution in [2.24, 2.45) is 0 Å². The van der Waals surface area contributed by atoms with Crippen LogP contribution in [0, 0.1) is 0 Å². The number of nitrogens with one attached hydrogen (secondary N) is 2. The fourth-order valence-electron chi connectivity index (χ4n) is 3.06. The molecule has 0 heterocycles. The maximum absolute atomic E-state index is 14.7. The summed E-state index contributed by atoms with van der Waals surface area (Å²) in [6, 6.07) is 5.81. The fourth-order valence-corrected chi connectivity index (χ4v) is 5.33. The lowest BCUT2D eigenvalue weighted by Gasteiger charge is -2.34. The first-order valence-corrected chi connectivity index (χ1v) is 14.8. The molecule has 0 fully saturated rings. The molecule has 0 saturated carbocycles. The highest BCUT2D eigenvalue weighted by molar-refractivity contribution is 8.76. The standard InChI is InChI=1S/C24H10F22N2O4S2/c25-15(19(31,32)33,51-23(43,44)17(27,28)21(37,38)39)13(49)47-9-5-1-3-7-11(9)53-54-12-8-4-2-6-10(12)48-14(50)16(26,20(34,35)36)52-24(45,46)18(29,30)22(40,41)42/h1-8H,(H,47,49)(H,48,50). The number of carbonyl (C=O) groups is 2. The van der Waals surface area contributed by atoms with Crippen LogP contribution in [-0.4, -0.2) is 72.3 Å². The third kappa shape index (κ3) is 9.11. The number of halogens is 22. The van der Waals surface area contributed by atoms with Crippen molar-refractivity contribution in [1.29, 1.82) is 0 Å². The van der Waals surface area contributed by atoms with E-state index in [0.717, 1.165) is 47.0 Å². The van der Waals surface area contributed by atoms with Crippen LogP contribution >= 0.6 is 21.6 Å². The van der Waals surface area contributed by atoms with Crippen molar-refractivity contribution in [1.82, 2.24) is 0 Å². The first kappa shape index (κ1) is 46.6. The SMILES string of the molecule is O=C(Nc1ccccc1SSc1ccccc1NC(=O)C(F)(OC(F)(F)C(F)(F)C(F)(F)F)C(F)(F)F)C(F)(OC(F)(F)C(F)(F)C(F)(F)F)C(F)(F)F. The summed E-state index contributed by atoms with van der Waals surface area (Å²) in [7, 11) is 0.0985. The van der Waals surface area contributed by atoms with Gasteiger partial charge in [0.05, 0.1) is 11.4 Å². The van der Waals surface area contributed by atoms with Gasteiger partial charge in [-0.05, 0) is 24.3 Å². The zero-order chi connectivity index (χ0) is 42.4. The van der Waals surface area contributed by atoms with Crippen LogP contribution in [0.25, 0.3) is 0 Å². The molecule has 54 heavy (non-hydrogen) atoms. The van der Waals surface area contributed by atoms with Crippen molar-refractivity contribution in [3.05, 3.63) is 48.5 Å². The van der Waals surface area contributed by atoms with E-state index >= 15 is 0 Å². The smallest absolute Gasteiger partial charge is 0.320 e. The lowest BCUT2D eigenvalue weighted by molar-refractivity contribution is -0.472. The Hall–Kier alpha value is -3.54. The zero-order valence-corrected chi connectivity index (χ0v) is 26.0. The number of ether oxygens (including phenoxy) is 2. The number of alkyl halides is 22. The second-order valence-corrected chi connectivity index (χ2v) is 11.8. The Bertz CT molecular complexity index is 1560. The van der Waals surface area contributed by atoms with Crippen molar-refractivity contribution >= 4 is 44.8 Å². The number of hydrogen-bond donors (Lipinski definition) is 2. The largest absolute Gasteiger partial charge is 0.462 e. The minimum atomic E-state index is -7.53. The number of anilines is 2. The molecule has 2 aromatic carbocycles. The number of benzene rings is 2. The van der Waals surface area contributed by atoms with Crippen molar-refractivity contribution in [2.45, 2.75) is 70.3 Å². The van der Waals surface area contributed by atoms with Crippen molar-refractivity contribution in [2.75, 3.05) is 10.6 Å². The Morgan fingerprint density at radius 3 is 0.926 bits per heavy atom. The molecular formula is C24H10F22N2O4S2. The fraction of sp³-hybridized carbons (Fsp3) is 0.417. The third-order valence-electron chi connectivity index (χ3n) is 5.79. The molecule has 306 valence electrons. The molecule has 2 aromatic rings. The highest BCUT2D eigenvalue weighted by Crippen LogP contribution is 2.53. The van der Waals surface area contributed by atoms with Crippen LogP contribution in [0.4, 0.5) is 108 Å². The lowest BCUT2D eigenvalue weighted by atomic mass is 10.2. The van der Waals surface area contributed by atoms with Crippen LogP contribution in [0.3, 0.4) is 0 Å². The van der Waals surface area contributed by atoms with Gasteiger partial charge in [-0.15, -0.1) is 0 Å². The molecule has 0 aliphatic heterocycles. The van der Waals surface area contributed by atoms with Crippen LogP contribution in [0.2, 0.25) is 0 Å². The van der Waals surface area contributed by atoms with Crippen LogP contribution in [-0.2, 0) is 19.1 Å². The molecule has 0 spiro atoms. The Kier molecular flexibility index (Phi) is 12.8. The number of carbonyl (C=O) groups excluding carboxylic acids is 2. The van der Waals surface area contributed by atoms with Gasteiger partial charge in [0, 0.05) is 9.79 Å². The van der Waals surface area contributed by atoms with E-state index in [1.807, 2.05) is 0 Å². The zero-order valence-electron chi connectivity index (χ0n) is 24.4. The van der Waals surface area contributed by atoms with E-state index in [9.17, 15) is 106 Å². The van der Waals surface area contributed by atoms with Gasteiger partial charge in [0.1, 0.15) is 0 Å². The number of hydrogen-bond acceptors (Lipinski definition) is 6. The Balaban J connectivity index is 2.43. The maximum Gasteiger partial charge on any atom is 0.462 e. The van der Waals surface area contributed by atoms with Gasteiger partial charge in [0.25, 0.3) is 11.8 Å². The Labute approximate surface area is 290 Å². The van der Waals surface area contributed by atoms with Crippen LogP contribution < -0.4 is 10.6 Å². The van der Waals surface area contributed by atoms with Crippen molar-refractivity contribution in [3.8, 4) is 0 Å². The normalized spacial score (nSPS) is 16.3. The monoisotopic (exact) mass is 872 g/mol. The summed E-state index contributed by atoms with van der Waals surface area (Å²) >= 11 is 0. The first-order chi connectivity index (χ1) is 23.9. The summed E-state index contributed by atoms with van der Waals surface area (Å²) in [5, 5.41) is 1.82. The van der Waals surface area contributed by atoms with E-state index in [4.69, 9.17) is 0 Å². The van der Waals surface area contributed by atoms with Crippen LogP contribution in [0.5, 0.6) is 0 Å². The van der Waals surface area contributed by atoms with Crippen molar-refractivity contribution in [3.63, 3.8) is 0 Å². The summed E-state index contributed by atoms with van der Waals surface area (Å²) in [4.78, 5) is 22.9. The topological polar surface area (TPSA) is 76.7 Å². The molecule has 0 aliphatic rings. The van der Waals surface area contributed by atoms with E-state index in [-0.39, 0.29) is 21.6 Å². The molecule has 0 aromatic heterocycles. The van der Waals surface area contributed by atoms with Crippen LogP contribution in [0.1, 0.15) is 0 Å². The van der Waals surface area contributed by atoms with Gasteiger partial charge < -0.3 is 10.6 Å². The highest BCUT2D eigenvalue weighted by Gasteiger charge is 2.81. The molecule has 0 radical (unpaired) electrons. The number of amides is 2. The molecule has 2 unspecified atom stereocenters. The lowest BCUT2D eigenvalue weighted by Crippen LogP contribution is -2.62. The molecule has 0 aliphatic carbocycles. The molecule has 0 bridgehead atoms. The minimum Gasteiger partial charge on any atom is -0.320 e. The van der Waals surface area contributed by atoms with Gasteiger partial charge in [0.15, 0.2) is 0 Å². The van der Waals surface area contributed by atoms with Crippen molar-refractivity contribution < 1.29 is 116 Å². The summed E-state index contributed by atoms with van der Waals surface area (Å²) in [5.41, 5.74) is -2.30. The molecule has 6 nitrogen and oxygen atoms in total. The highest BCUT2D eigenvalue weighted by atomic mass is 33.1.